The van der Waals surface area contributed by atoms with E-state index in [1.54, 1.807) is 12.1 Å². The monoisotopic (exact) mass is 256 g/mol. The van der Waals surface area contributed by atoms with Gasteiger partial charge in [0, 0.05) is 30.6 Å². The first-order valence-corrected chi connectivity index (χ1v) is 6.68. The first-order valence-electron chi connectivity index (χ1n) is 6.68. The summed E-state index contributed by atoms with van der Waals surface area (Å²) in [7, 11) is 0. The van der Waals surface area contributed by atoms with Crippen LogP contribution < -0.4 is 4.90 Å². The van der Waals surface area contributed by atoms with E-state index in [1.807, 2.05) is 24.3 Å². The molecule has 1 saturated heterocycles. The molecule has 4 heteroatoms. The Morgan fingerprint density at radius 3 is 2.53 bits per heavy atom. The SMILES string of the molecule is O=[N+]([O-])c1cc(N2CCCCC2)c2ccccc2c1. The highest BCUT2D eigenvalue weighted by Crippen LogP contribution is 2.33. The van der Waals surface area contributed by atoms with Gasteiger partial charge in [-0.1, -0.05) is 24.3 Å². The van der Waals surface area contributed by atoms with E-state index in [4.69, 9.17) is 0 Å². The summed E-state index contributed by atoms with van der Waals surface area (Å²) in [6.45, 7) is 1.98. The molecule has 2 aromatic carbocycles. The van der Waals surface area contributed by atoms with Crippen molar-refractivity contribution in [3.8, 4) is 0 Å². The van der Waals surface area contributed by atoms with Crippen LogP contribution in [-0.4, -0.2) is 18.0 Å². The van der Waals surface area contributed by atoms with Crippen molar-refractivity contribution in [1.82, 2.24) is 0 Å². The first-order chi connectivity index (χ1) is 9.25. The Labute approximate surface area is 111 Å². The lowest BCUT2D eigenvalue weighted by molar-refractivity contribution is -0.384. The van der Waals surface area contributed by atoms with E-state index in [-0.39, 0.29) is 10.6 Å². The van der Waals surface area contributed by atoms with Crippen molar-refractivity contribution >= 4 is 22.1 Å². The molecule has 1 heterocycles. The summed E-state index contributed by atoms with van der Waals surface area (Å²) < 4.78 is 0. The number of hydrogen-bond donors (Lipinski definition) is 0. The van der Waals surface area contributed by atoms with Gasteiger partial charge in [0.05, 0.1) is 10.6 Å². The molecule has 0 spiro atoms. The van der Waals surface area contributed by atoms with Crippen LogP contribution in [0.1, 0.15) is 19.3 Å². The first kappa shape index (κ1) is 12.0. The lowest BCUT2D eigenvalue weighted by Gasteiger charge is -2.29. The van der Waals surface area contributed by atoms with Crippen molar-refractivity contribution in [1.29, 1.82) is 0 Å². The molecule has 4 nitrogen and oxygen atoms in total. The van der Waals surface area contributed by atoms with Gasteiger partial charge in [-0.3, -0.25) is 10.1 Å². The second-order valence-corrected chi connectivity index (χ2v) is 4.99. The zero-order valence-electron chi connectivity index (χ0n) is 10.7. The molecule has 98 valence electrons. The van der Waals surface area contributed by atoms with E-state index < -0.39 is 0 Å². The van der Waals surface area contributed by atoms with Gasteiger partial charge < -0.3 is 4.90 Å². The molecule has 0 atom stereocenters. The van der Waals surface area contributed by atoms with Gasteiger partial charge in [-0.25, -0.2) is 0 Å². The smallest absolute Gasteiger partial charge is 0.272 e. The summed E-state index contributed by atoms with van der Waals surface area (Å²) in [6.07, 6.45) is 3.58. The van der Waals surface area contributed by atoms with Crippen LogP contribution in [0, 0.1) is 10.1 Å². The van der Waals surface area contributed by atoms with Crippen molar-refractivity contribution in [2.75, 3.05) is 18.0 Å². The van der Waals surface area contributed by atoms with Crippen LogP contribution in [0.5, 0.6) is 0 Å². The summed E-state index contributed by atoms with van der Waals surface area (Å²) in [5, 5.41) is 13.1. The Morgan fingerprint density at radius 1 is 1.05 bits per heavy atom. The lowest BCUT2D eigenvalue weighted by Crippen LogP contribution is -2.29. The van der Waals surface area contributed by atoms with Crippen LogP contribution in [0.4, 0.5) is 11.4 Å². The van der Waals surface area contributed by atoms with E-state index >= 15 is 0 Å². The lowest BCUT2D eigenvalue weighted by atomic mass is 10.0. The molecule has 0 N–H and O–H groups in total. The van der Waals surface area contributed by atoms with Crippen molar-refractivity contribution in [3.05, 3.63) is 46.5 Å². The Morgan fingerprint density at radius 2 is 1.79 bits per heavy atom. The molecule has 0 aliphatic carbocycles. The van der Waals surface area contributed by atoms with Gasteiger partial charge in [0.1, 0.15) is 0 Å². The van der Waals surface area contributed by atoms with E-state index in [1.165, 1.54) is 6.42 Å². The maximum absolute atomic E-state index is 11.1. The average molecular weight is 256 g/mol. The van der Waals surface area contributed by atoms with Crippen LogP contribution in [0.25, 0.3) is 10.8 Å². The minimum atomic E-state index is -0.306. The van der Waals surface area contributed by atoms with E-state index in [2.05, 4.69) is 4.90 Å². The number of nitro groups is 1. The fraction of sp³-hybridized carbons (Fsp3) is 0.333. The van der Waals surface area contributed by atoms with Crippen molar-refractivity contribution in [2.24, 2.45) is 0 Å². The number of anilines is 1. The zero-order chi connectivity index (χ0) is 13.2. The molecular formula is C15H16N2O2. The predicted octanol–water partition coefficient (Wildman–Crippen LogP) is 3.74. The maximum atomic E-state index is 11.1. The topological polar surface area (TPSA) is 46.4 Å². The van der Waals surface area contributed by atoms with Crippen LogP contribution in [0.15, 0.2) is 36.4 Å². The molecule has 0 aromatic heterocycles. The van der Waals surface area contributed by atoms with Crippen molar-refractivity contribution in [2.45, 2.75) is 19.3 Å². The number of hydrogen-bond acceptors (Lipinski definition) is 3. The highest BCUT2D eigenvalue weighted by Gasteiger charge is 2.17. The van der Waals surface area contributed by atoms with Gasteiger partial charge >= 0.3 is 0 Å². The van der Waals surface area contributed by atoms with Gasteiger partial charge in [0.15, 0.2) is 0 Å². The number of benzene rings is 2. The summed E-state index contributed by atoms with van der Waals surface area (Å²) >= 11 is 0. The molecule has 0 unspecified atom stereocenters. The molecule has 19 heavy (non-hydrogen) atoms. The third-order valence-electron chi connectivity index (χ3n) is 3.73. The van der Waals surface area contributed by atoms with Gasteiger partial charge in [-0.2, -0.15) is 0 Å². The van der Waals surface area contributed by atoms with Crippen molar-refractivity contribution < 1.29 is 4.92 Å². The van der Waals surface area contributed by atoms with Gasteiger partial charge in [0.2, 0.25) is 0 Å². The van der Waals surface area contributed by atoms with E-state index in [0.29, 0.717) is 0 Å². The van der Waals surface area contributed by atoms with Gasteiger partial charge in [-0.05, 0) is 24.6 Å². The fourth-order valence-corrected chi connectivity index (χ4v) is 2.78. The summed E-state index contributed by atoms with van der Waals surface area (Å²) in [4.78, 5) is 13.0. The second kappa shape index (κ2) is 4.88. The molecule has 0 amide bonds. The third kappa shape index (κ3) is 2.26. The van der Waals surface area contributed by atoms with Gasteiger partial charge in [0.25, 0.3) is 5.69 Å². The van der Waals surface area contributed by atoms with Crippen molar-refractivity contribution in [3.63, 3.8) is 0 Å². The third-order valence-corrected chi connectivity index (χ3v) is 3.73. The summed E-state index contributed by atoms with van der Waals surface area (Å²) in [5.41, 5.74) is 1.18. The highest BCUT2D eigenvalue weighted by atomic mass is 16.6. The highest BCUT2D eigenvalue weighted by molar-refractivity contribution is 5.96. The van der Waals surface area contributed by atoms with Crippen LogP contribution >= 0.6 is 0 Å². The Bertz CT molecular complexity index is 619. The zero-order valence-corrected chi connectivity index (χ0v) is 10.7. The Balaban J connectivity index is 2.16. The van der Waals surface area contributed by atoms with Gasteiger partial charge in [-0.15, -0.1) is 0 Å². The maximum Gasteiger partial charge on any atom is 0.272 e. The number of non-ortho nitro benzene ring substituents is 1. The van der Waals surface area contributed by atoms with Crippen LogP contribution in [0.2, 0.25) is 0 Å². The molecule has 1 aliphatic heterocycles. The average Bonchev–Trinajstić information content (AvgIpc) is 2.47. The summed E-state index contributed by atoms with van der Waals surface area (Å²) in [5.74, 6) is 0. The molecule has 0 saturated carbocycles. The van der Waals surface area contributed by atoms with Crippen LogP contribution in [0.3, 0.4) is 0 Å². The number of rotatable bonds is 2. The molecule has 1 fully saturated rings. The standard InChI is InChI=1S/C15H16N2O2/c18-17(19)13-10-12-6-2-3-7-14(12)15(11-13)16-8-4-1-5-9-16/h2-3,6-7,10-11H,1,4-5,8-9H2. The van der Waals surface area contributed by atoms with E-state index in [0.717, 1.165) is 42.4 Å². The quantitative estimate of drug-likeness (QED) is 0.607. The minimum Gasteiger partial charge on any atom is -0.371 e. The normalized spacial score (nSPS) is 15.7. The Hall–Kier alpha value is -2.10. The van der Waals surface area contributed by atoms with Crippen LogP contribution in [-0.2, 0) is 0 Å². The second-order valence-electron chi connectivity index (χ2n) is 4.99. The summed E-state index contributed by atoms with van der Waals surface area (Å²) in [6, 6.07) is 11.3. The largest absolute Gasteiger partial charge is 0.371 e. The molecular weight excluding hydrogens is 240 g/mol. The molecule has 2 aromatic rings. The molecule has 3 rings (SSSR count). The number of piperidine rings is 1. The number of fused-ring (bicyclic) bond motifs is 1. The molecule has 1 aliphatic rings. The number of nitrogens with zero attached hydrogens (tertiary/aromatic N) is 2. The predicted molar refractivity (Wildman–Crippen MR) is 76.7 cm³/mol. The van der Waals surface area contributed by atoms with E-state index in [9.17, 15) is 10.1 Å². The Kier molecular flexibility index (Phi) is 3.07. The molecule has 0 radical (unpaired) electrons. The fourth-order valence-electron chi connectivity index (χ4n) is 2.78. The number of nitro benzene ring substituents is 1. The molecule has 0 bridgehead atoms. The minimum absolute atomic E-state index is 0.180.